The summed E-state index contributed by atoms with van der Waals surface area (Å²) >= 11 is 0. The number of primary sulfonamides is 1. The van der Waals surface area contributed by atoms with Crippen molar-refractivity contribution in [3.8, 4) is 0 Å². The summed E-state index contributed by atoms with van der Waals surface area (Å²) in [6, 6.07) is 0. The van der Waals surface area contributed by atoms with E-state index in [0.717, 1.165) is 6.42 Å². The van der Waals surface area contributed by atoms with Crippen LogP contribution in [0.3, 0.4) is 0 Å². The van der Waals surface area contributed by atoms with Crippen molar-refractivity contribution in [1.82, 2.24) is 0 Å². The van der Waals surface area contributed by atoms with Crippen molar-refractivity contribution in [3.05, 3.63) is 24.3 Å². The van der Waals surface area contributed by atoms with Gasteiger partial charge >= 0.3 is 0 Å². The number of nitrogens with two attached hydrogens (primary N) is 1. The maximum absolute atomic E-state index is 10.6. The highest BCUT2D eigenvalue weighted by molar-refractivity contribution is 7.89. The van der Waals surface area contributed by atoms with Crippen LogP contribution in [0.1, 0.15) is 6.42 Å². The molecule has 0 aromatic carbocycles. The number of hydrogen-bond acceptors (Lipinski definition) is 2. The Balaban J connectivity index is 2.52. The zero-order valence-electron chi connectivity index (χ0n) is 6.10. The van der Waals surface area contributed by atoms with Crippen LogP contribution in [-0.2, 0) is 10.0 Å². The SMILES string of the molecule is NS(=O)(=O)CC1C=CC=CC1. The highest BCUT2D eigenvalue weighted by Crippen LogP contribution is 2.12. The summed E-state index contributed by atoms with van der Waals surface area (Å²) < 4.78 is 21.2. The lowest BCUT2D eigenvalue weighted by molar-refractivity contribution is 0.585. The fraction of sp³-hybridized carbons (Fsp3) is 0.429. The molecule has 3 nitrogen and oxygen atoms in total. The van der Waals surface area contributed by atoms with Crippen LogP contribution in [0.4, 0.5) is 0 Å². The molecule has 1 unspecified atom stereocenters. The zero-order chi connectivity index (χ0) is 8.32. The number of sulfonamides is 1. The average Bonchev–Trinajstić information content (AvgIpc) is 1.85. The van der Waals surface area contributed by atoms with Crippen LogP contribution in [0, 0.1) is 5.92 Å². The lowest BCUT2D eigenvalue weighted by Crippen LogP contribution is -2.22. The van der Waals surface area contributed by atoms with Crippen molar-refractivity contribution in [2.75, 3.05) is 5.75 Å². The molecular weight excluding hydrogens is 162 g/mol. The van der Waals surface area contributed by atoms with Crippen LogP contribution in [0.2, 0.25) is 0 Å². The first kappa shape index (κ1) is 8.49. The van der Waals surface area contributed by atoms with E-state index in [1.807, 2.05) is 24.3 Å². The topological polar surface area (TPSA) is 60.2 Å². The fourth-order valence-corrected chi connectivity index (χ4v) is 1.90. The number of rotatable bonds is 2. The standard InChI is InChI=1S/C7H11NO2S/c8-11(9,10)6-7-4-2-1-3-5-7/h1-4,7H,5-6H2,(H2,8,9,10). The minimum absolute atomic E-state index is 0.0494. The third-order valence-corrected chi connectivity index (χ3v) is 2.41. The molecule has 0 amide bonds. The van der Waals surface area contributed by atoms with Gasteiger partial charge in [-0.3, -0.25) is 0 Å². The summed E-state index contributed by atoms with van der Waals surface area (Å²) in [6.07, 6.45) is 8.33. The van der Waals surface area contributed by atoms with Crippen molar-refractivity contribution in [2.24, 2.45) is 11.1 Å². The molecule has 0 radical (unpaired) electrons. The predicted octanol–water partition coefficient (Wildman–Crippen LogP) is 0.407. The molecule has 11 heavy (non-hydrogen) atoms. The molecule has 0 bridgehead atoms. The van der Waals surface area contributed by atoms with Crippen LogP contribution < -0.4 is 5.14 Å². The van der Waals surface area contributed by atoms with Gasteiger partial charge in [-0.25, -0.2) is 13.6 Å². The van der Waals surface area contributed by atoms with Crippen LogP contribution in [-0.4, -0.2) is 14.2 Å². The molecule has 2 N–H and O–H groups in total. The van der Waals surface area contributed by atoms with Gasteiger partial charge in [0.25, 0.3) is 0 Å². The van der Waals surface area contributed by atoms with Crippen LogP contribution in [0.25, 0.3) is 0 Å². The largest absolute Gasteiger partial charge is 0.229 e. The lowest BCUT2D eigenvalue weighted by Gasteiger charge is -2.09. The number of allylic oxidation sites excluding steroid dienone is 4. The van der Waals surface area contributed by atoms with Crippen molar-refractivity contribution < 1.29 is 8.42 Å². The van der Waals surface area contributed by atoms with Gasteiger partial charge in [0.2, 0.25) is 10.0 Å². The van der Waals surface area contributed by atoms with Gasteiger partial charge in [-0.2, -0.15) is 0 Å². The molecule has 62 valence electrons. The zero-order valence-corrected chi connectivity index (χ0v) is 6.92. The number of hydrogen-bond donors (Lipinski definition) is 1. The molecule has 1 aliphatic rings. The fourth-order valence-electron chi connectivity index (χ4n) is 1.05. The van der Waals surface area contributed by atoms with E-state index < -0.39 is 10.0 Å². The van der Waals surface area contributed by atoms with E-state index in [1.54, 1.807) is 0 Å². The minimum atomic E-state index is -3.31. The third-order valence-electron chi connectivity index (χ3n) is 1.52. The highest BCUT2D eigenvalue weighted by Gasteiger charge is 2.12. The Morgan fingerprint density at radius 3 is 2.64 bits per heavy atom. The quantitative estimate of drug-likeness (QED) is 0.657. The first-order chi connectivity index (χ1) is 5.08. The average molecular weight is 173 g/mol. The Hall–Kier alpha value is -0.610. The molecule has 0 spiro atoms. The van der Waals surface area contributed by atoms with E-state index in [-0.39, 0.29) is 11.7 Å². The Kier molecular flexibility index (Phi) is 2.46. The molecule has 0 aromatic heterocycles. The van der Waals surface area contributed by atoms with Gasteiger partial charge < -0.3 is 0 Å². The molecule has 0 saturated carbocycles. The van der Waals surface area contributed by atoms with E-state index in [2.05, 4.69) is 0 Å². The van der Waals surface area contributed by atoms with Crippen molar-refractivity contribution in [2.45, 2.75) is 6.42 Å². The summed E-state index contributed by atoms with van der Waals surface area (Å²) in [7, 11) is -3.31. The monoisotopic (exact) mass is 173 g/mol. The Morgan fingerprint density at radius 2 is 2.18 bits per heavy atom. The molecule has 1 aliphatic carbocycles. The van der Waals surface area contributed by atoms with Gasteiger partial charge in [-0.1, -0.05) is 24.3 Å². The second-order valence-electron chi connectivity index (χ2n) is 2.64. The van der Waals surface area contributed by atoms with Crippen LogP contribution >= 0.6 is 0 Å². The summed E-state index contributed by atoms with van der Waals surface area (Å²) in [5.74, 6) is 0.114. The Labute approximate surface area is 66.6 Å². The predicted molar refractivity (Wildman–Crippen MR) is 44.4 cm³/mol. The summed E-state index contributed by atoms with van der Waals surface area (Å²) in [6.45, 7) is 0. The van der Waals surface area contributed by atoms with E-state index >= 15 is 0 Å². The molecule has 0 aromatic rings. The first-order valence-corrected chi connectivity index (χ1v) is 5.13. The van der Waals surface area contributed by atoms with Crippen molar-refractivity contribution >= 4 is 10.0 Å². The molecule has 4 heteroatoms. The van der Waals surface area contributed by atoms with Crippen molar-refractivity contribution in [1.29, 1.82) is 0 Å². The molecular formula is C7H11NO2S. The van der Waals surface area contributed by atoms with Crippen LogP contribution in [0.15, 0.2) is 24.3 Å². The van der Waals surface area contributed by atoms with E-state index in [0.29, 0.717) is 0 Å². The highest BCUT2D eigenvalue weighted by atomic mass is 32.2. The molecule has 1 rings (SSSR count). The smallest absolute Gasteiger partial charge is 0.209 e. The van der Waals surface area contributed by atoms with Gasteiger partial charge in [0.1, 0.15) is 0 Å². The maximum Gasteiger partial charge on any atom is 0.209 e. The van der Waals surface area contributed by atoms with Crippen molar-refractivity contribution in [3.63, 3.8) is 0 Å². The normalized spacial score (nSPS) is 23.9. The lowest BCUT2D eigenvalue weighted by atomic mass is 10.0. The molecule has 0 aliphatic heterocycles. The Bertz CT molecular complexity index is 277. The summed E-state index contributed by atoms with van der Waals surface area (Å²) in [4.78, 5) is 0. The van der Waals surface area contributed by atoms with E-state index in [9.17, 15) is 8.42 Å². The third kappa shape index (κ3) is 3.34. The second kappa shape index (κ2) is 3.19. The Morgan fingerprint density at radius 1 is 1.45 bits per heavy atom. The first-order valence-electron chi connectivity index (χ1n) is 3.42. The molecule has 0 heterocycles. The second-order valence-corrected chi connectivity index (χ2v) is 4.30. The summed E-state index contributed by atoms with van der Waals surface area (Å²) in [5.41, 5.74) is 0. The van der Waals surface area contributed by atoms with Gasteiger partial charge in [-0.15, -0.1) is 0 Å². The minimum Gasteiger partial charge on any atom is -0.229 e. The molecule has 0 fully saturated rings. The van der Waals surface area contributed by atoms with Gasteiger partial charge in [0, 0.05) is 0 Å². The van der Waals surface area contributed by atoms with E-state index in [4.69, 9.17) is 5.14 Å². The molecule has 1 atom stereocenters. The van der Waals surface area contributed by atoms with Gasteiger partial charge in [-0.05, 0) is 12.3 Å². The molecule has 0 saturated heterocycles. The van der Waals surface area contributed by atoms with Crippen LogP contribution in [0.5, 0.6) is 0 Å². The summed E-state index contributed by atoms with van der Waals surface area (Å²) in [5, 5.41) is 4.88. The van der Waals surface area contributed by atoms with E-state index in [1.165, 1.54) is 0 Å². The van der Waals surface area contributed by atoms with Gasteiger partial charge in [0.15, 0.2) is 0 Å². The van der Waals surface area contributed by atoms with Gasteiger partial charge in [0.05, 0.1) is 5.75 Å². The maximum atomic E-state index is 10.6.